The molecule has 130 valence electrons. The number of likely N-dealkylation sites (tertiary alicyclic amines) is 2. The van der Waals surface area contributed by atoms with Gasteiger partial charge in [0.2, 0.25) is 5.91 Å². The van der Waals surface area contributed by atoms with Gasteiger partial charge in [-0.25, -0.2) is 0 Å². The Morgan fingerprint density at radius 2 is 1.48 bits per heavy atom. The van der Waals surface area contributed by atoms with Gasteiger partial charge in [-0.15, -0.1) is 0 Å². The molecule has 2 aliphatic rings. The Balaban J connectivity index is 1.33. The van der Waals surface area contributed by atoms with Crippen molar-refractivity contribution >= 4 is 29.1 Å². The Labute approximate surface area is 158 Å². The molecule has 4 rings (SSSR count). The molecule has 0 saturated carbocycles. The smallest absolute Gasteiger partial charge is 0.227 e. The van der Waals surface area contributed by atoms with Crippen molar-refractivity contribution in [3.63, 3.8) is 0 Å². The summed E-state index contributed by atoms with van der Waals surface area (Å²) in [5.41, 5.74) is 2.29. The first-order chi connectivity index (χ1) is 12.1. The molecule has 2 fully saturated rings. The van der Waals surface area contributed by atoms with Crippen LogP contribution < -0.4 is 0 Å². The van der Waals surface area contributed by atoms with E-state index < -0.39 is 0 Å². The van der Waals surface area contributed by atoms with Crippen LogP contribution in [0.5, 0.6) is 0 Å². The number of hydrogen-bond donors (Lipinski definition) is 0. The number of carbonyl (C=O) groups excluding carboxylic acids is 1. The third-order valence-electron chi connectivity index (χ3n) is 5.26. The maximum atomic E-state index is 12.6. The van der Waals surface area contributed by atoms with Gasteiger partial charge < -0.3 is 4.90 Å². The van der Waals surface area contributed by atoms with Crippen LogP contribution in [0.4, 0.5) is 0 Å². The largest absolute Gasteiger partial charge is 0.340 e. The van der Waals surface area contributed by atoms with E-state index in [1.54, 1.807) is 0 Å². The van der Waals surface area contributed by atoms with Gasteiger partial charge in [0, 0.05) is 48.2 Å². The first kappa shape index (κ1) is 16.9. The number of benzene rings is 2. The Kier molecular flexibility index (Phi) is 4.72. The summed E-state index contributed by atoms with van der Waals surface area (Å²) in [5.74, 6) is 0.824. The van der Waals surface area contributed by atoms with Crippen molar-refractivity contribution in [2.75, 3.05) is 19.6 Å². The van der Waals surface area contributed by atoms with E-state index in [0.717, 1.165) is 36.8 Å². The minimum Gasteiger partial charge on any atom is -0.340 e. The summed E-state index contributed by atoms with van der Waals surface area (Å²) in [4.78, 5) is 17.1. The van der Waals surface area contributed by atoms with E-state index in [2.05, 4.69) is 17.0 Å². The van der Waals surface area contributed by atoms with Crippen LogP contribution in [0.25, 0.3) is 0 Å². The molecule has 1 amide bonds. The molecule has 2 unspecified atom stereocenters. The third-order valence-corrected chi connectivity index (χ3v) is 5.77. The number of rotatable bonds is 4. The Morgan fingerprint density at radius 1 is 0.880 bits per heavy atom. The fraction of sp³-hybridized carbons (Fsp3) is 0.350. The number of carbonyl (C=O) groups is 1. The molecule has 2 aromatic rings. The van der Waals surface area contributed by atoms with E-state index in [9.17, 15) is 4.79 Å². The summed E-state index contributed by atoms with van der Waals surface area (Å²) in [7, 11) is 0. The molecule has 0 aliphatic carbocycles. The highest BCUT2D eigenvalue weighted by atomic mass is 35.5. The molecule has 2 aliphatic heterocycles. The number of fused-ring (bicyclic) bond motifs is 1. The van der Waals surface area contributed by atoms with Gasteiger partial charge in [-0.05, 0) is 35.4 Å². The lowest BCUT2D eigenvalue weighted by molar-refractivity contribution is -0.129. The normalized spacial score (nSPS) is 22.6. The van der Waals surface area contributed by atoms with Gasteiger partial charge in [0.15, 0.2) is 0 Å². The molecule has 0 N–H and O–H groups in total. The summed E-state index contributed by atoms with van der Waals surface area (Å²) < 4.78 is 0. The molecule has 0 spiro atoms. The minimum absolute atomic E-state index is 0.211. The van der Waals surface area contributed by atoms with Gasteiger partial charge in [-0.3, -0.25) is 9.69 Å². The summed E-state index contributed by atoms with van der Waals surface area (Å²) in [6.07, 6.45) is 0.452. The highest BCUT2D eigenvalue weighted by Crippen LogP contribution is 2.34. The minimum atomic E-state index is 0.211. The molecule has 0 bridgehead atoms. The van der Waals surface area contributed by atoms with Crippen molar-refractivity contribution in [3.05, 3.63) is 69.7 Å². The zero-order valence-corrected chi connectivity index (χ0v) is 15.4. The van der Waals surface area contributed by atoms with E-state index >= 15 is 0 Å². The van der Waals surface area contributed by atoms with E-state index in [1.807, 2.05) is 41.3 Å². The molecule has 25 heavy (non-hydrogen) atoms. The van der Waals surface area contributed by atoms with E-state index in [4.69, 9.17) is 23.2 Å². The summed E-state index contributed by atoms with van der Waals surface area (Å²) in [6.45, 7) is 3.72. The van der Waals surface area contributed by atoms with Gasteiger partial charge >= 0.3 is 0 Å². The van der Waals surface area contributed by atoms with Crippen LogP contribution >= 0.6 is 23.2 Å². The number of amides is 1. The predicted molar refractivity (Wildman–Crippen MR) is 101 cm³/mol. The van der Waals surface area contributed by atoms with Crippen molar-refractivity contribution in [2.24, 2.45) is 5.92 Å². The lowest BCUT2D eigenvalue weighted by Gasteiger charge is -2.43. The van der Waals surface area contributed by atoms with Crippen LogP contribution in [0.3, 0.4) is 0 Å². The number of nitrogens with zero attached hydrogens (tertiary/aromatic N) is 2. The van der Waals surface area contributed by atoms with Crippen molar-refractivity contribution in [2.45, 2.75) is 19.0 Å². The molecule has 2 atom stereocenters. The molecule has 3 nitrogen and oxygen atoms in total. The van der Waals surface area contributed by atoms with E-state index in [1.165, 1.54) is 5.56 Å². The molecule has 2 aromatic carbocycles. The van der Waals surface area contributed by atoms with Gasteiger partial charge in [0.25, 0.3) is 0 Å². The van der Waals surface area contributed by atoms with Gasteiger partial charge in [0.1, 0.15) is 0 Å². The SMILES string of the molecule is O=C(Cc1ccc(Cl)cc1)N1CC2CN(Cc3ccc(Cl)cc3)C2C1. The zero-order valence-electron chi connectivity index (χ0n) is 13.9. The van der Waals surface area contributed by atoms with E-state index in [-0.39, 0.29) is 5.91 Å². The van der Waals surface area contributed by atoms with Crippen molar-refractivity contribution in [3.8, 4) is 0 Å². The quantitative estimate of drug-likeness (QED) is 0.810. The fourth-order valence-electron chi connectivity index (χ4n) is 3.84. The molecular weight excluding hydrogens is 355 g/mol. The second-order valence-electron chi connectivity index (χ2n) is 6.99. The number of halogens is 2. The van der Waals surface area contributed by atoms with Crippen LogP contribution in [0, 0.1) is 5.92 Å². The highest BCUT2D eigenvalue weighted by molar-refractivity contribution is 6.30. The average Bonchev–Trinajstić information content (AvgIpc) is 2.94. The molecular formula is C20H20Cl2N2O. The van der Waals surface area contributed by atoms with Crippen molar-refractivity contribution in [1.29, 1.82) is 0 Å². The summed E-state index contributed by atoms with van der Waals surface area (Å²) in [5, 5.41) is 1.47. The molecule has 2 saturated heterocycles. The van der Waals surface area contributed by atoms with Gasteiger partial charge in [0.05, 0.1) is 6.42 Å². The monoisotopic (exact) mass is 374 g/mol. The van der Waals surface area contributed by atoms with Crippen molar-refractivity contribution in [1.82, 2.24) is 9.80 Å². The van der Waals surface area contributed by atoms with Gasteiger partial charge in [-0.2, -0.15) is 0 Å². The first-order valence-electron chi connectivity index (χ1n) is 8.59. The molecule has 0 radical (unpaired) electrons. The number of hydrogen-bond acceptors (Lipinski definition) is 2. The summed E-state index contributed by atoms with van der Waals surface area (Å²) in [6, 6.07) is 16.1. The molecule has 2 heterocycles. The predicted octanol–water partition coefficient (Wildman–Crippen LogP) is 3.88. The van der Waals surface area contributed by atoms with Crippen LogP contribution in [-0.4, -0.2) is 41.4 Å². The maximum absolute atomic E-state index is 12.6. The average molecular weight is 375 g/mol. The lowest BCUT2D eigenvalue weighted by atomic mass is 9.91. The van der Waals surface area contributed by atoms with Crippen LogP contribution in [0.15, 0.2) is 48.5 Å². The molecule has 5 heteroatoms. The van der Waals surface area contributed by atoms with Crippen LogP contribution in [0.2, 0.25) is 10.0 Å². The second-order valence-corrected chi connectivity index (χ2v) is 7.86. The lowest BCUT2D eigenvalue weighted by Crippen LogP contribution is -2.54. The van der Waals surface area contributed by atoms with Crippen LogP contribution in [-0.2, 0) is 17.8 Å². The third kappa shape index (κ3) is 3.69. The highest BCUT2D eigenvalue weighted by Gasteiger charge is 2.46. The van der Waals surface area contributed by atoms with Crippen molar-refractivity contribution < 1.29 is 4.79 Å². The second kappa shape index (κ2) is 6.99. The zero-order chi connectivity index (χ0) is 17.4. The van der Waals surface area contributed by atoms with E-state index in [0.29, 0.717) is 23.4 Å². The maximum Gasteiger partial charge on any atom is 0.227 e. The fourth-order valence-corrected chi connectivity index (χ4v) is 4.10. The van der Waals surface area contributed by atoms with Gasteiger partial charge in [-0.1, -0.05) is 47.5 Å². The Bertz CT molecular complexity index is 760. The Hall–Kier alpha value is -1.55. The van der Waals surface area contributed by atoms with Crippen LogP contribution in [0.1, 0.15) is 11.1 Å². The topological polar surface area (TPSA) is 23.6 Å². The summed E-state index contributed by atoms with van der Waals surface area (Å²) >= 11 is 11.9. The first-order valence-corrected chi connectivity index (χ1v) is 9.35. The molecule has 0 aromatic heterocycles. The Morgan fingerprint density at radius 3 is 2.12 bits per heavy atom. The standard InChI is InChI=1S/C20H20Cl2N2O/c21-17-5-1-14(2-6-17)9-20(25)24-12-16-11-23(19(16)13-24)10-15-3-7-18(22)8-4-15/h1-8,16,19H,9-13H2.